The third-order valence-corrected chi connectivity index (χ3v) is 6.05. The zero-order chi connectivity index (χ0) is 19.3. The molecule has 0 aromatic heterocycles. The van der Waals surface area contributed by atoms with Crippen LogP contribution in [0.1, 0.15) is 109 Å². The maximum atomic E-state index is 11.1. The van der Waals surface area contributed by atoms with E-state index in [1.165, 1.54) is 88.3 Å². The van der Waals surface area contributed by atoms with Gasteiger partial charge < -0.3 is 4.55 Å². The molecule has 1 aromatic rings. The molecule has 0 saturated heterocycles. The molecule has 0 aliphatic rings. The maximum Gasteiger partial charge on any atom is 1.00 e. The molecule has 0 N–H and O–H groups in total. The molecule has 0 aliphatic carbocycles. The molecule has 0 saturated carbocycles. The normalized spacial score (nSPS) is 12.6. The van der Waals surface area contributed by atoms with E-state index in [4.69, 9.17) is 0 Å². The number of rotatable bonds is 15. The van der Waals surface area contributed by atoms with Crippen LogP contribution in [0.3, 0.4) is 0 Å². The van der Waals surface area contributed by atoms with Crippen LogP contribution in [0.4, 0.5) is 0 Å². The van der Waals surface area contributed by atoms with Crippen LogP contribution in [0.15, 0.2) is 29.2 Å². The molecule has 1 unspecified atom stereocenters. The molecular formula is C22H37NaO3S. The van der Waals surface area contributed by atoms with Crippen molar-refractivity contribution in [2.45, 2.75) is 108 Å². The molecule has 1 atom stereocenters. The zero-order valence-electron chi connectivity index (χ0n) is 17.7. The van der Waals surface area contributed by atoms with Crippen LogP contribution in [-0.4, -0.2) is 13.0 Å². The first-order chi connectivity index (χ1) is 12.5. The summed E-state index contributed by atoms with van der Waals surface area (Å²) in [6.07, 6.45) is 16.4. The van der Waals surface area contributed by atoms with Crippen LogP contribution in [0.25, 0.3) is 0 Å². The molecule has 0 radical (unpaired) electrons. The Morgan fingerprint density at radius 1 is 0.741 bits per heavy atom. The Bertz CT molecular complexity index is 570. The standard InChI is InChI=1S/C22H38O3S.Na/c1-3-5-7-9-11-13-15-20(14-12-10-8-6-4-2)21-16-18-22(19-17-21)26(23,24)25;/h16-20H,3-15H2,1-2H3,(H,23,24,25);/q;+1/p-1. The minimum atomic E-state index is -4.35. The number of hydrogen-bond donors (Lipinski definition) is 0. The van der Waals surface area contributed by atoms with Gasteiger partial charge in [-0.05, 0) is 36.5 Å². The average Bonchev–Trinajstić information content (AvgIpc) is 2.62. The fourth-order valence-electron chi connectivity index (χ4n) is 3.55. The van der Waals surface area contributed by atoms with Gasteiger partial charge in [0.15, 0.2) is 0 Å². The second kappa shape index (κ2) is 16.0. The predicted octanol–water partition coefficient (Wildman–Crippen LogP) is 3.79. The van der Waals surface area contributed by atoms with Crippen molar-refractivity contribution in [2.24, 2.45) is 0 Å². The number of hydrogen-bond acceptors (Lipinski definition) is 3. The van der Waals surface area contributed by atoms with E-state index in [9.17, 15) is 13.0 Å². The second-order valence-corrected chi connectivity index (χ2v) is 8.86. The van der Waals surface area contributed by atoms with E-state index in [0.717, 1.165) is 12.8 Å². The van der Waals surface area contributed by atoms with E-state index in [-0.39, 0.29) is 34.5 Å². The van der Waals surface area contributed by atoms with Gasteiger partial charge in [0.1, 0.15) is 10.1 Å². The van der Waals surface area contributed by atoms with Gasteiger partial charge in [-0.1, -0.05) is 96.6 Å². The van der Waals surface area contributed by atoms with Crippen molar-refractivity contribution in [3.8, 4) is 0 Å². The summed E-state index contributed by atoms with van der Waals surface area (Å²) < 4.78 is 33.4. The molecule has 150 valence electrons. The Morgan fingerprint density at radius 3 is 1.56 bits per heavy atom. The van der Waals surface area contributed by atoms with E-state index in [2.05, 4.69) is 13.8 Å². The van der Waals surface area contributed by atoms with Crippen LogP contribution >= 0.6 is 0 Å². The van der Waals surface area contributed by atoms with Crippen molar-refractivity contribution in [1.29, 1.82) is 0 Å². The van der Waals surface area contributed by atoms with E-state index in [0.29, 0.717) is 5.92 Å². The first-order valence-electron chi connectivity index (χ1n) is 10.5. The van der Waals surface area contributed by atoms with Gasteiger partial charge in [0.05, 0.1) is 4.90 Å². The molecular weight excluding hydrogens is 367 g/mol. The SMILES string of the molecule is CCCCCCCCC(CCCCCCC)c1ccc(S(=O)(=O)[O-])cc1.[Na+]. The van der Waals surface area contributed by atoms with Crippen molar-refractivity contribution in [3.05, 3.63) is 29.8 Å². The summed E-state index contributed by atoms with van der Waals surface area (Å²) in [5.41, 5.74) is 1.18. The molecule has 0 fully saturated rings. The number of unbranched alkanes of at least 4 members (excludes halogenated alkanes) is 9. The molecule has 0 aliphatic heterocycles. The van der Waals surface area contributed by atoms with Crippen LogP contribution in [0.5, 0.6) is 0 Å². The van der Waals surface area contributed by atoms with Gasteiger partial charge in [-0.15, -0.1) is 0 Å². The first-order valence-corrected chi connectivity index (χ1v) is 12.0. The Hall–Kier alpha value is 0.130. The molecule has 0 heterocycles. The van der Waals surface area contributed by atoms with Gasteiger partial charge in [-0.2, -0.15) is 0 Å². The third kappa shape index (κ3) is 12.3. The summed E-state index contributed by atoms with van der Waals surface area (Å²) in [5, 5.41) is 0. The Morgan fingerprint density at radius 2 is 1.15 bits per heavy atom. The van der Waals surface area contributed by atoms with E-state index < -0.39 is 10.1 Å². The molecule has 1 aromatic carbocycles. The quantitative estimate of drug-likeness (QED) is 0.254. The monoisotopic (exact) mass is 404 g/mol. The molecule has 1 rings (SSSR count). The van der Waals surface area contributed by atoms with Crippen molar-refractivity contribution in [2.75, 3.05) is 0 Å². The smallest absolute Gasteiger partial charge is 0.744 e. The van der Waals surface area contributed by atoms with Crippen LogP contribution < -0.4 is 29.6 Å². The molecule has 27 heavy (non-hydrogen) atoms. The Kier molecular flexibility index (Phi) is 16.1. The largest absolute Gasteiger partial charge is 1.00 e. The minimum Gasteiger partial charge on any atom is -0.744 e. The van der Waals surface area contributed by atoms with Crippen molar-refractivity contribution in [3.63, 3.8) is 0 Å². The topological polar surface area (TPSA) is 57.2 Å². The van der Waals surface area contributed by atoms with Crippen LogP contribution in [-0.2, 0) is 10.1 Å². The zero-order valence-corrected chi connectivity index (χ0v) is 20.5. The molecule has 0 bridgehead atoms. The second-order valence-electron chi connectivity index (χ2n) is 7.48. The van der Waals surface area contributed by atoms with E-state index in [1.807, 2.05) is 12.1 Å². The summed E-state index contributed by atoms with van der Waals surface area (Å²) in [6.45, 7) is 4.47. The van der Waals surface area contributed by atoms with Gasteiger partial charge >= 0.3 is 29.6 Å². The van der Waals surface area contributed by atoms with Gasteiger partial charge in [-0.25, -0.2) is 8.42 Å². The summed E-state index contributed by atoms with van der Waals surface area (Å²) in [4.78, 5) is -0.123. The first kappa shape index (κ1) is 27.1. The van der Waals surface area contributed by atoms with Crippen molar-refractivity contribution >= 4 is 10.1 Å². The van der Waals surface area contributed by atoms with Gasteiger partial charge in [0.2, 0.25) is 0 Å². The number of benzene rings is 1. The summed E-state index contributed by atoms with van der Waals surface area (Å²) >= 11 is 0. The van der Waals surface area contributed by atoms with Crippen molar-refractivity contribution in [1.82, 2.24) is 0 Å². The van der Waals surface area contributed by atoms with Gasteiger partial charge in [0.25, 0.3) is 0 Å². The maximum absolute atomic E-state index is 11.1. The molecule has 3 nitrogen and oxygen atoms in total. The van der Waals surface area contributed by atoms with Gasteiger partial charge in [0, 0.05) is 0 Å². The molecule has 5 heteroatoms. The fraction of sp³-hybridized carbons (Fsp3) is 0.727. The third-order valence-electron chi connectivity index (χ3n) is 5.20. The Labute approximate surface area is 189 Å². The summed E-state index contributed by atoms with van der Waals surface area (Å²) in [6, 6.07) is 6.64. The summed E-state index contributed by atoms with van der Waals surface area (Å²) in [5.74, 6) is 0.478. The minimum absolute atomic E-state index is 0. The van der Waals surface area contributed by atoms with E-state index >= 15 is 0 Å². The Balaban J connectivity index is 0.00000676. The molecule has 0 amide bonds. The predicted molar refractivity (Wildman–Crippen MR) is 109 cm³/mol. The summed E-state index contributed by atoms with van der Waals surface area (Å²) in [7, 11) is -4.35. The van der Waals surface area contributed by atoms with Crippen LogP contribution in [0, 0.1) is 0 Å². The average molecular weight is 405 g/mol. The van der Waals surface area contributed by atoms with E-state index in [1.54, 1.807) is 0 Å². The molecule has 0 spiro atoms. The van der Waals surface area contributed by atoms with Gasteiger partial charge in [-0.3, -0.25) is 0 Å². The van der Waals surface area contributed by atoms with Crippen LogP contribution in [0.2, 0.25) is 0 Å². The fourth-order valence-corrected chi connectivity index (χ4v) is 4.02. The van der Waals surface area contributed by atoms with Crippen molar-refractivity contribution < 1.29 is 42.5 Å².